The molecule has 0 saturated carbocycles. The van der Waals surface area contributed by atoms with Crippen molar-refractivity contribution in [3.05, 3.63) is 64.0 Å². The summed E-state index contributed by atoms with van der Waals surface area (Å²) < 4.78 is 4.76. The number of hydrogen-bond donors (Lipinski definition) is 3. The van der Waals surface area contributed by atoms with Gasteiger partial charge in [0.2, 0.25) is 0 Å². The molecule has 0 atom stereocenters. The van der Waals surface area contributed by atoms with Crippen LogP contribution in [0.2, 0.25) is 4.34 Å². The van der Waals surface area contributed by atoms with Crippen molar-refractivity contribution in [2.75, 3.05) is 4.72 Å². The number of thiophene rings is 1. The standard InChI is InChI=1S/C18H14ClNO3S2/c1-10-3-2-4-11(7-10)14-9-16(24-17(14)19)25-20-12-5-6-13(18(22)23)15(21)8-12/h2-9,20-21H,1H3,(H,22,23). The number of carboxylic acids is 1. The average Bonchev–Trinajstić information content (AvgIpc) is 2.93. The van der Waals surface area contributed by atoms with E-state index >= 15 is 0 Å². The van der Waals surface area contributed by atoms with Gasteiger partial charge in [0.15, 0.2) is 0 Å². The smallest absolute Gasteiger partial charge is 0.339 e. The molecule has 0 fully saturated rings. The van der Waals surface area contributed by atoms with E-state index < -0.39 is 5.97 Å². The third kappa shape index (κ3) is 4.10. The van der Waals surface area contributed by atoms with Gasteiger partial charge >= 0.3 is 5.97 Å². The number of nitrogens with one attached hydrogen (secondary N) is 1. The molecule has 0 saturated heterocycles. The predicted octanol–water partition coefficient (Wildman–Crippen LogP) is 5.90. The SMILES string of the molecule is Cc1cccc(-c2cc(SNc3ccc(C(=O)O)c(O)c3)sc2Cl)c1. The minimum absolute atomic E-state index is 0.128. The van der Waals surface area contributed by atoms with E-state index in [1.165, 1.54) is 41.0 Å². The Morgan fingerprint density at radius 2 is 2.00 bits per heavy atom. The first-order valence-corrected chi connectivity index (χ1v) is 9.30. The molecule has 4 nitrogen and oxygen atoms in total. The highest BCUT2D eigenvalue weighted by Crippen LogP contribution is 2.40. The van der Waals surface area contributed by atoms with Crippen LogP contribution in [0.25, 0.3) is 11.1 Å². The number of rotatable bonds is 5. The van der Waals surface area contributed by atoms with Crippen molar-refractivity contribution in [1.82, 2.24) is 0 Å². The zero-order valence-electron chi connectivity index (χ0n) is 13.1. The zero-order chi connectivity index (χ0) is 18.0. The molecule has 0 aliphatic rings. The molecular weight excluding hydrogens is 378 g/mol. The first-order valence-electron chi connectivity index (χ1n) is 7.29. The number of phenols is 1. The average molecular weight is 392 g/mol. The second kappa shape index (κ2) is 7.39. The van der Waals surface area contributed by atoms with Crippen molar-refractivity contribution < 1.29 is 15.0 Å². The highest BCUT2D eigenvalue weighted by molar-refractivity contribution is 8.02. The van der Waals surface area contributed by atoms with Crippen molar-refractivity contribution in [2.45, 2.75) is 11.1 Å². The van der Waals surface area contributed by atoms with E-state index in [1.54, 1.807) is 6.07 Å². The monoisotopic (exact) mass is 391 g/mol. The highest BCUT2D eigenvalue weighted by atomic mass is 35.5. The van der Waals surface area contributed by atoms with Gasteiger partial charge in [-0.05, 0) is 42.6 Å². The lowest BCUT2D eigenvalue weighted by Gasteiger charge is -2.05. The minimum Gasteiger partial charge on any atom is -0.507 e. The molecule has 3 rings (SSSR count). The number of benzene rings is 2. The Kier molecular flexibility index (Phi) is 5.22. The molecule has 0 aliphatic heterocycles. The molecule has 0 spiro atoms. The molecule has 3 aromatic rings. The van der Waals surface area contributed by atoms with Crippen LogP contribution in [0.1, 0.15) is 15.9 Å². The van der Waals surface area contributed by atoms with Crippen LogP contribution in [-0.2, 0) is 0 Å². The molecular formula is C18H14ClNO3S2. The van der Waals surface area contributed by atoms with E-state index in [4.69, 9.17) is 16.7 Å². The maximum absolute atomic E-state index is 10.9. The number of carbonyl (C=O) groups is 1. The van der Waals surface area contributed by atoms with Gasteiger partial charge in [0.25, 0.3) is 0 Å². The molecule has 0 unspecified atom stereocenters. The van der Waals surface area contributed by atoms with Gasteiger partial charge in [0.1, 0.15) is 15.6 Å². The zero-order valence-corrected chi connectivity index (χ0v) is 15.5. The Balaban J connectivity index is 1.75. The maximum Gasteiger partial charge on any atom is 0.339 e. The third-order valence-electron chi connectivity index (χ3n) is 3.49. The van der Waals surface area contributed by atoms with E-state index in [0.717, 1.165) is 15.3 Å². The summed E-state index contributed by atoms with van der Waals surface area (Å²) in [6.07, 6.45) is 0. The Labute approximate surface area is 158 Å². The fourth-order valence-electron chi connectivity index (χ4n) is 2.29. The van der Waals surface area contributed by atoms with Crippen molar-refractivity contribution in [1.29, 1.82) is 0 Å². The van der Waals surface area contributed by atoms with E-state index in [1.807, 2.05) is 31.2 Å². The summed E-state index contributed by atoms with van der Waals surface area (Å²) in [5, 5.41) is 18.7. The molecule has 25 heavy (non-hydrogen) atoms. The van der Waals surface area contributed by atoms with Crippen molar-refractivity contribution in [3.63, 3.8) is 0 Å². The largest absolute Gasteiger partial charge is 0.507 e. The van der Waals surface area contributed by atoms with Crippen molar-refractivity contribution in [3.8, 4) is 16.9 Å². The third-order valence-corrected chi connectivity index (χ3v) is 5.80. The van der Waals surface area contributed by atoms with Crippen LogP contribution >= 0.6 is 34.9 Å². The van der Waals surface area contributed by atoms with Crippen LogP contribution in [0.3, 0.4) is 0 Å². The van der Waals surface area contributed by atoms with Gasteiger partial charge in [0, 0.05) is 17.3 Å². The van der Waals surface area contributed by atoms with Crippen LogP contribution in [-0.4, -0.2) is 16.2 Å². The highest BCUT2D eigenvalue weighted by Gasteiger charge is 2.12. The first-order chi connectivity index (χ1) is 11.9. The fraction of sp³-hybridized carbons (Fsp3) is 0.0556. The quantitative estimate of drug-likeness (QED) is 0.472. The molecule has 2 aromatic carbocycles. The molecule has 0 aliphatic carbocycles. The molecule has 1 aromatic heterocycles. The Hall–Kier alpha value is -2.15. The predicted molar refractivity (Wildman–Crippen MR) is 104 cm³/mol. The molecule has 0 radical (unpaired) electrons. The second-order valence-electron chi connectivity index (χ2n) is 5.36. The Morgan fingerprint density at radius 1 is 1.20 bits per heavy atom. The number of aromatic carboxylic acids is 1. The topological polar surface area (TPSA) is 69.6 Å². The molecule has 1 heterocycles. The molecule has 0 amide bonds. The number of aromatic hydroxyl groups is 1. The van der Waals surface area contributed by atoms with Crippen LogP contribution in [0.4, 0.5) is 5.69 Å². The van der Waals surface area contributed by atoms with Gasteiger partial charge in [-0.3, -0.25) is 0 Å². The Morgan fingerprint density at radius 3 is 2.68 bits per heavy atom. The summed E-state index contributed by atoms with van der Waals surface area (Å²) in [5.74, 6) is -1.44. The second-order valence-corrected chi connectivity index (χ2v) is 8.12. The summed E-state index contributed by atoms with van der Waals surface area (Å²) in [4.78, 5) is 10.9. The summed E-state index contributed by atoms with van der Waals surface area (Å²) in [5.41, 5.74) is 3.69. The van der Waals surface area contributed by atoms with Gasteiger partial charge in [-0.2, -0.15) is 0 Å². The summed E-state index contributed by atoms with van der Waals surface area (Å²) in [6.45, 7) is 2.04. The van der Waals surface area contributed by atoms with Crippen molar-refractivity contribution >= 4 is 46.5 Å². The molecule has 3 N–H and O–H groups in total. The first kappa shape index (κ1) is 17.7. The van der Waals surface area contributed by atoms with Gasteiger partial charge in [-0.25, -0.2) is 4.79 Å². The number of hydrogen-bond acceptors (Lipinski definition) is 5. The van der Waals surface area contributed by atoms with Crippen LogP contribution < -0.4 is 4.72 Å². The number of aryl methyl sites for hydroxylation is 1. The van der Waals surface area contributed by atoms with E-state index in [2.05, 4.69) is 10.8 Å². The van der Waals surface area contributed by atoms with Crippen molar-refractivity contribution in [2.24, 2.45) is 0 Å². The fourth-order valence-corrected chi connectivity index (χ4v) is 4.55. The summed E-state index contributed by atoms with van der Waals surface area (Å²) in [6, 6.07) is 14.5. The van der Waals surface area contributed by atoms with Crippen LogP contribution in [0, 0.1) is 6.92 Å². The number of halogens is 1. The lowest BCUT2D eigenvalue weighted by atomic mass is 10.1. The number of carboxylic acid groups (broad SMARTS) is 1. The molecule has 7 heteroatoms. The lowest BCUT2D eigenvalue weighted by molar-refractivity contribution is 0.0694. The molecule has 0 bridgehead atoms. The van der Waals surface area contributed by atoms with Gasteiger partial charge in [0.05, 0.1) is 4.21 Å². The van der Waals surface area contributed by atoms with Gasteiger partial charge < -0.3 is 14.9 Å². The van der Waals surface area contributed by atoms with Gasteiger partial charge in [-0.1, -0.05) is 41.4 Å². The normalized spacial score (nSPS) is 10.6. The van der Waals surface area contributed by atoms with Crippen LogP contribution in [0.15, 0.2) is 52.7 Å². The molecule has 128 valence electrons. The minimum atomic E-state index is -1.16. The summed E-state index contributed by atoms with van der Waals surface area (Å²) in [7, 11) is 0. The maximum atomic E-state index is 10.9. The van der Waals surface area contributed by atoms with Crippen LogP contribution in [0.5, 0.6) is 5.75 Å². The van der Waals surface area contributed by atoms with E-state index in [9.17, 15) is 9.90 Å². The summed E-state index contributed by atoms with van der Waals surface area (Å²) >= 11 is 9.18. The Bertz CT molecular complexity index is 940. The van der Waals surface area contributed by atoms with E-state index in [0.29, 0.717) is 10.0 Å². The lowest BCUT2D eigenvalue weighted by Crippen LogP contribution is -1.97. The number of anilines is 1. The van der Waals surface area contributed by atoms with Gasteiger partial charge in [-0.15, -0.1) is 11.3 Å². The van der Waals surface area contributed by atoms with E-state index in [-0.39, 0.29) is 11.3 Å².